The standard InChI is InChI=1S/C15H23N3O2/c1-10-14(20-11(2)17-10)15(19)18-7-5-13(6-8-18)16-9-12-3-4-12/h12-13,16H,3-9H2,1-2H3. The van der Waals surface area contributed by atoms with Crippen LogP contribution in [0.2, 0.25) is 0 Å². The molecule has 2 aliphatic rings. The number of piperidine rings is 1. The molecule has 1 aliphatic heterocycles. The first-order valence-electron chi connectivity index (χ1n) is 7.60. The van der Waals surface area contributed by atoms with Gasteiger partial charge in [0, 0.05) is 26.1 Å². The summed E-state index contributed by atoms with van der Waals surface area (Å²) in [4.78, 5) is 18.5. The van der Waals surface area contributed by atoms with Crippen LogP contribution in [0.3, 0.4) is 0 Å². The van der Waals surface area contributed by atoms with Crippen LogP contribution in [0, 0.1) is 19.8 Å². The maximum atomic E-state index is 12.4. The van der Waals surface area contributed by atoms with Gasteiger partial charge in [0.05, 0.1) is 5.69 Å². The van der Waals surface area contributed by atoms with Crippen molar-refractivity contribution < 1.29 is 9.21 Å². The number of carbonyl (C=O) groups is 1. The van der Waals surface area contributed by atoms with Crippen LogP contribution < -0.4 is 5.32 Å². The normalized spacial score (nSPS) is 20.4. The number of hydrogen-bond donors (Lipinski definition) is 1. The number of carbonyl (C=O) groups excluding carboxylic acids is 1. The summed E-state index contributed by atoms with van der Waals surface area (Å²) >= 11 is 0. The molecule has 1 N–H and O–H groups in total. The fourth-order valence-electron chi connectivity index (χ4n) is 2.82. The first kappa shape index (κ1) is 13.6. The van der Waals surface area contributed by atoms with Crippen molar-refractivity contribution in [2.24, 2.45) is 5.92 Å². The number of oxazole rings is 1. The van der Waals surface area contributed by atoms with Crippen LogP contribution in [-0.2, 0) is 0 Å². The summed E-state index contributed by atoms with van der Waals surface area (Å²) in [6.45, 7) is 6.37. The predicted molar refractivity (Wildman–Crippen MR) is 75.6 cm³/mol. The Kier molecular flexibility index (Phi) is 3.78. The van der Waals surface area contributed by atoms with E-state index in [4.69, 9.17) is 4.42 Å². The Balaban J connectivity index is 1.51. The molecule has 0 aromatic carbocycles. The average Bonchev–Trinajstić information content (AvgIpc) is 3.21. The molecular formula is C15H23N3O2. The lowest BCUT2D eigenvalue weighted by molar-refractivity contribution is 0.0670. The molecule has 3 rings (SSSR count). The molecule has 1 aromatic rings. The Morgan fingerprint density at radius 1 is 1.30 bits per heavy atom. The summed E-state index contributed by atoms with van der Waals surface area (Å²) < 4.78 is 5.43. The number of amides is 1. The number of likely N-dealkylation sites (tertiary alicyclic amines) is 1. The number of nitrogens with zero attached hydrogens (tertiary/aromatic N) is 2. The fourth-order valence-corrected chi connectivity index (χ4v) is 2.82. The molecule has 1 saturated carbocycles. The Hall–Kier alpha value is -1.36. The van der Waals surface area contributed by atoms with Crippen LogP contribution in [0.15, 0.2) is 4.42 Å². The molecule has 0 radical (unpaired) electrons. The van der Waals surface area contributed by atoms with Gasteiger partial charge in [0.25, 0.3) is 5.91 Å². The van der Waals surface area contributed by atoms with E-state index in [1.165, 1.54) is 12.8 Å². The minimum atomic E-state index is -0.0104. The first-order valence-corrected chi connectivity index (χ1v) is 7.60. The lowest BCUT2D eigenvalue weighted by Gasteiger charge is -2.32. The van der Waals surface area contributed by atoms with E-state index in [9.17, 15) is 4.79 Å². The Morgan fingerprint density at radius 3 is 2.55 bits per heavy atom. The highest BCUT2D eigenvalue weighted by atomic mass is 16.4. The maximum absolute atomic E-state index is 12.4. The molecule has 0 bridgehead atoms. The number of nitrogens with one attached hydrogen (secondary N) is 1. The van der Waals surface area contributed by atoms with Crippen molar-refractivity contribution >= 4 is 5.91 Å². The molecule has 1 amide bonds. The quantitative estimate of drug-likeness (QED) is 0.913. The molecular weight excluding hydrogens is 254 g/mol. The topological polar surface area (TPSA) is 58.4 Å². The minimum Gasteiger partial charge on any atom is -0.436 e. The molecule has 2 fully saturated rings. The molecule has 1 aliphatic carbocycles. The van der Waals surface area contributed by atoms with Crippen molar-refractivity contribution in [1.29, 1.82) is 0 Å². The number of hydrogen-bond acceptors (Lipinski definition) is 4. The van der Waals surface area contributed by atoms with E-state index in [0.29, 0.717) is 23.4 Å². The summed E-state index contributed by atoms with van der Waals surface area (Å²) in [5, 5.41) is 3.62. The van der Waals surface area contributed by atoms with Crippen molar-refractivity contribution in [3.8, 4) is 0 Å². The Labute approximate surface area is 119 Å². The van der Waals surface area contributed by atoms with Gasteiger partial charge in [-0.15, -0.1) is 0 Å². The summed E-state index contributed by atoms with van der Waals surface area (Å²) in [5.74, 6) is 1.87. The molecule has 110 valence electrons. The van der Waals surface area contributed by atoms with Crippen molar-refractivity contribution in [2.45, 2.75) is 45.6 Å². The highest BCUT2D eigenvalue weighted by Crippen LogP contribution is 2.28. The average molecular weight is 277 g/mol. The SMILES string of the molecule is Cc1nc(C)c(C(=O)N2CCC(NCC3CC3)CC2)o1. The molecule has 0 unspecified atom stereocenters. The number of aromatic nitrogens is 1. The molecule has 2 heterocycles. The minimum absolute atomic E-state index is 0.0104. The first-order chi connectivity index (χ1) is 9.63. The van der Waals surface area contributed by atoms with Crippen molar-refractivity contribution in [2.75, 3.05) is 19.6 Å². The van der Waals surface area contributed by atoms with Gasteiger partial charge >= 0.3 is 0 Å². The largest absolute Gasteiger partial charge is 0.436 e. The molecule has 0 spiro atoms. The summed E-state index contributed by atoms with van der Waals surface area (Å²) in [6.07, 6.45) is 4.83. The van der Waals surface area contributed by atoms with E-state index >= 15 is 0 Å². The van der Waals surface area contributed by atoms with Crippen molar-refractivity contribution in [1.82, 2.24) is 15.2 Å². The van der Waals surface area contributed by atoms with E-state index in [0.717, 1.165) is 38.4 Å². The van der Waals surface area contributed by atoms with Crippen LogP contribution in [0.5, 0.6) is 0 Å². The van der Waals surface area contributed by atoms with Crippen LogP contribution in [0.4, 0.5) is 0 Å². The smallest absolute Gasteiger partial charge is 0.291 e. The lowest BCUT2D eigenvalue weighted by Crippen LogP contribution is -2.45. The van der Waals surface area contributed by atoms with Gasteiger partial charge in [0.1, 0.15) is 0 Å². The van der Waals surface area contributed by atoms with E-state index in [2.05, 4.69) is 10.3 Å². The molecule has 0 atom stereocenters. The highest BCUT2D eigenvalue weighted by Gasteiger charge is 2.28. The number of aryl methyl sites for hydroxylation is 2. The third-order valence-corrected chi connectivity index (χ3v) is 4.27. The summed E-state index contributed by atoms with van der Waals surface area (Å²) in [5.41, 5.74) is 0.696. The van der Waals surface area contributed by atoms with Gasteiger partial charge in [-0.05, 0) is 45.1 Å². The second-order valence-electron chi connectivity index (χ2n) is 6.07. The Morgan fingerprint density at radius 2 is 2.00 bits per heavy atom. The van der Waals surface area contributed by atoms with Gasteiger partial charge in [-0.2, -0.15) is 0 Å². The lowest BCUT2D eigenvalue weighted by atomic mass is 10.0. The van der Waals surface area contributed by atoms with Crippen LogP contribution >= 0.6 is 0 Å². The molecule has 1 saturated heterocycles. The molecule has 5 nitrogen and oxygen atoms in total. The third-order valence-electron chi connectivity index (χ3n) is 4.27. The second kappa shape index (κ2) is 5.56. The second-order valence-corrected chi connectivity index (χ2v) is 6.07. The van der Waals surface area contributed by atoms with Gasteiger partial charge < -0.3 is 14.6 Å². The summed E-state index contributed by atoms with van der Waals surface area (Å²) in [6, 6.07) is 0.567. The zero-order valence-electron chi connectivity index (χ0n) is 12.3. The van der Waals surface area contributed by atoms with Crippen LogP contribution in [0.1, 0.15) is 47.8 Å². The van der Waals surface area contributed by atoms with Gasteiger partial charge in [0.2, 0.25) is 5.76 Å². The van der Waals surface area contributed by atoms with E-state index in [-0.39, 0.29) is 5.91 Å². The summed E-state index contributed by atoms with van der Waals surface area (Å²) in [7, 11) is 0. The van der Waals surface area contributed by atoms with Gasteiger partial charge in [-0.1, -0.05) is 0 Å². The molecule has 5 heteroatoms. The maximum Gasteiger partial charge on any atom is 0.291 e. The van der Waals surface area contributed by atoms with Gasteiger partial charge in [0.15, 0.2) is 5.89 Å². The third kappa shape index (κ3) is 3.03. The Bertz CT molecular complexity index is 485. The predicted octanol–water partition coefficient (Wildman–Crippen LogP) is 1.90. The van der Waals surface area contributed by atoms with E-state index in [1.54, 1.807) is 6.92 Å². The monoisotopic (exact) mass is 277 g/mol. The fraction of sp³-hybridized carbons (Fsp3) is 0.733. The van der Waals surface area contributed by atoms with Crippen molar-refractivity contribution in [3.63, 3.8) is 0 Å². The zero-order chi connectivity index (χ0) is 14.1. The number of rotatable bonds is 4. The van der Waals surface area contributed by atoms with E-state index < -0.39 is 0 Å². The van der Waals surface area contributed by atoms with Crippen molar-refractivity contribution in [3.05, 3.63) is 17.3 Å². The highest BCUT2D eigenvalue weighted by molar-refractivity contribution is 5.92. The molecule has 1 aromatic heterocycles. The molecule has 20 heavy (non-hydrogen) atoms. The van der Waals surface area contributed by atoms with Gasteiger partial charge in [-0.3, -0.25) is 4.79 Å². The van der Waals surface area contributed by atoms with Crippen LogP contribution in [0.25, 0.3) is 0 Å². The van der Waals surface area contributed by atoms with E-state index in [1.807, 2.05) is 11.8 Å². The zero-order valence-corrected chi connectivity index (χ0v) is 12.3. The van der Waals surface area contributed by atoms with Gasteiger partial charge in [-0.25, -0.2) is 4.98 Å². The van der Waals surface area contributed by atoms with Crippen LogP contribution in [-0.4, -0.2) is 41.5 Å².